The molecule has 0 atom stereocenters. The van der Waals surface area contributed by atoms with Crippen molar-refractivity contribution in [1.82, 2.24) is 20.2 Å². The highest BCUT2D eigenvalue weighted by Gasteiger charge is 2.33. The summed E-state index contributed by atoms with van der Waals surface area (Å²) in [5.74, 6) is -0.154. The average Bonchev–Trinajstić information content (AvgIpc) is 3.32. The predicted molar refractivity (Wildman–Crippen MR) is 117 cm³/mol. The molecule has 3 aromatic rings. The number of nitrogens with zero attached hydrogens (tertiary/aromatic N) is 3. The second kappa shape index (κ2) is 7.43. The van der Waals surface area contributed by atoms with Crippen molar-refractivity contribution in [3.8, 4) is 16.3 Å². The number of halogens is 2. The van der Waals surface area contributed by atoms with E-state index in [1.807, 2.05) is 11.1 Å². The van der Waals surface area contributed by atoms with Gasteiger partial charge in [-0.3, -0.25) is 10.2 Å². The van der Waals surface area contributed by atoms with Gasteiger partial charge in [-0.05, 0) is 49.6 Å². The second-order valence-electron chi connectivity index (χ2n) is 7.56. The number of benzene rings is 1. The summed E-state index contributed by atoms with van der Waals surface area (Å²) in [5, 5.41) is 7.80. The third kappa shape index (κ3) is 3.38. The third-order valence-corrected chi connectivity index (χ3v) is 7.10. The number of carbonyl (C=O) groups is 1. The minimum Gasteiger partial charge on any atom is -0.283 e. The number of nitrogens with one attached hydrogen (secondary N) is 1. The molecule has 1 fully saturated rings. The molecule has 29 heavy (non-hydrogen) atoms. The predicted octanol–water partition coefficient (Wildman–Crippen LogP) is 5.25. The van der Waals surface area contributed by atoms with E-state index in [9.17, 15) is 4.79 Å². The van der Waals surface area contributed by atoms with E-state index in [2.05, 4.69) is 18.4 Å². The molecule has 0 unspecified atom stereocenters. The van der Waals surface area contributed by atoms with Crippen molar-refractivity contribution in [1.29, 1.82) is 0 Å². The highest BCUT2D eigenvalue weighted by Crippen LogP contribution is 2.45. The van der Waals surface area contributed by atoms with Crippen LogP contribution < -0.4 is 5.43 Å². The molecule has 1 aliphatic carbocycles. The van der Waals surface area contributed by atoms with E-state index < -0.39 is 0 Å². The molecule has 0 bridgehead atoms. The molecule has 5 nitrogen and oxygen atoms in total. The van der Waals surface area contributed by atoms with Crippen LogP contribution in [0.4, 0.5) is 0 Å². The zero-order valence-corrected chi connectivity index (χ0v) is 18.3. The van der Waals surface area contributed by atoms with Gasteiger partial charge in [0.2, 0.25) is 0 Å². The van der Waals surface area contributed by atoms with Crippen molar-refractivity contribution in [2.75, 3.05) is 13.1 Å². The molecule has 2 aromatic heterocycles. The Morgan fingerprint density at radius 2 is 1.97 bits per heavy atom. The van der Waals surface area contributed by atoms with Crippen LogP contribution in [0.2, 0.25) is 10.0 Å². The van der Waals surface area contributed by atoms with E-state index in [-0.39, 0.29) is 5.91 Å². The molecule has 0 saturated carbocycles. The van der Waals surface area contributed by atoms with Crippen LogP contribution in [0.3, 0.4) is 0 Å². The first kappa shape index (κ1) is 19.1. The minimum absolute atomic E-state index is 0.154. The van der Waals surface area contributed by atoms with Crippen molar-refractivity contribution < 1.29 is 4.79 Å². The zero-order valence-electron chi connectivity index (χ0n) is 16.0. The molecule has 5 rings (SSSR count). The van der Waals surface area contributed by atoms with Gasteiger partial charge in [-0.15, -0.1) is 11.3 Å². The number of hydrogen-bond donors (Lipinski definition) is 1. The fraction of sp³-hybridized carbons (Fsp3) is 0.333. The number of fused-ring (bicyclic) bond motifs is 3. The maximum Gasteiger partial charge on any atom is 0.286 e. The Hall–Kier alpha value is -1.86. The largest absolute Gasteiger partial charge is 0.286 e. The first-order chi connectivity index (χ1) is 14.0. The molecule has 0 spiro atoms. The summed E-state index contributed by atoms with van der Waals surface area (Å²) in [6, 6.07) is 7.54. The van der Waals surface area contributed by atoms with Gasteiger partial charge in [0.25, 0.3) is 5.91 Å². The Labute approximate surface area is 183 Å². The SMILES string of the molecule is Cc1cc2c(s1)-c1c(c(C(=O)NN3CCCCC3)nn1-c1ccc(Cl)cc1Cl)C2. The lowest BCUT2D eigenvalue weighted by atomic mass is 10.1. The molecule has 1 N–H and O–H groups in total. The monoisotopic (exact) mass is 446 g/mol. The first-order valence-electron chi connectivity index (χ1n) is 9.74. The van der Waals surface area contributed by atoms with Gasteiger partial charge in [0.15, 0.2) is 5.69 Å². The van der Waals surface area contributed by atoms with Crippen LogP contribution in [0.25, 0.3) is 16.3 Å². The van der Waals surface area contributed by atoms with Gasteiger partial charge < -0.3 is 0 Å². The van der Waals surface area contributed by atoms with E-state index >= 15 is 0 Å². The van der Waals surface area contributed by atoms with Crippen molar-refractivity contribution in [2.45, 2.75) is 32.6 Å². The highest BCUT2D eigenvalue weighted by atomic mass is 35.5. The molecular weight excluding hydrogens is 427 g/mol. The van der Waals surface area contributed by atoms with Crippen molar-refractivity contribution in [3.05, 3.63) is 56.0 Å². The molecule has 1 aliphatic heterocycles. The molecule has 0 radical (unpaired) electrons. The lowest BCUT2D eigenvalue weighted by Gasteiger charge is -2.26. The smallest absolute Gasteiger partial charge is 0.283 e. The zero-order chi connectivity index (χ0) is 20.1. The Morgan fingerprint density at radius 3 is 2.72 bits per heavy atom. The van der Waals surface area contributed by atoms with E-state index in [0.717, 1.165) is 47.8 Å². The number of aromatic nitrogens is 2. The second-order valence-corrected chi connectivity index (χ2v) is 9.66. The fourth-order valence-electron chi connectivity index (χ4n) is 4.15. The molecule has 2 aliphatic rings. The van der Waals surface area contributed by atoms with E-state index in [4.69, 9.17) is 28.3 Å². The summed E-state index contributed by atoms with van der Waals surface area (Å²) in [6.07, 6.45) is 4.13. The minimum atomic E-state index is -0.154. The maximum atomic E-state index is 13.1. The number of amides is 1. The number of thiophene rings is 1. The maximum absolute atomic E-state index is 13.1. The average molecular weight is 447 g/mol. The van der Waals surface area contributed by atoms with Gasteiger partial charge in [-0.1, -0.05) is 29.6 Å². The first-order valence-corrected chi connectivity index (χ1v) is 11.3. The van der Waals surface area contributed by atoms with Gasteiger partial charge in [0.1, 0.15) is 0 Å². The number of hydrogen-bond acceptors (Lipinski definition) is 4. The molecule has 1 aromatic carbocycles. The van der Waals surface area contributed by atoms with Gasteiger partial charge >= 0.3 is 0 Å². The van der Waals surface area contributed by atoms with Crippen LogP contribution in [0.5, 0.6) is 0 Å². The van der Waals surface area contributed by atoms with Crippen LogP contribution >= 0.6 is 34.5 Å². The van der Waals surface area contributed by atoms with Crippen LogP contribution in [-0.2, 0) is 6.42 Å². The topological polar surface area (TPSA) is 50.2 Å². The Balaban J connectivity index is 1.60. The number of aryl methyl sites for hydroxylation is 1. The van der Waals surface area contributed by atoms with Gasteiger partial charge in [-0.2, -0.15) is 5.10 Å². The number of piperidine rings is 1. The summed E-state index contributed by atoms with van der Waals surface area (Å²) < 4.78 is 1.81. The van der Waals surface area contributed by atoms with Crippen LogP contribution in [-0.4, -0.2) is 33.8 Å². The summed E-state index contributed by atoms with van der Waals surface area (Å²) in [6.45, 7) is 3.86. The summed E-state index contributed by atoms with van der Waals surface area (Å²) in [4.78, 5) is 15.5. The van der Waals surface area contributed by atoms with E-state index in [1.165, 1.54) is 16.9 Å². The quantitative estimate of drug-likeness (QED) is 0.467. The van der Waals surface area contributed by atoms with E-state index in [1.54, 1.807) is 28.2 Å². The van der Waals surface area contributed by atoms with Gasteiger partial charge in [0.05, 0.1) is 21.3 Å². The van der Waals surface area contributed by atoms with Crippen LogP contribution in [0.1, 0.15) is 45.8 Å². The summed E-state index contributed by atoms with van der Waals surface area (Å²) in [7, 11) is 0. The normalized spacial score (nSPS) is 16.0. The van der Waals surface area contributed by atoms with Crippen molar-refractivity contribution >= 4 is 40.4 Å². The number of carbonyl (C=O) groups excluding carboxylic acids is 1. The lowest BCUT2D eigenvalue weighted by Crippen LogP contribution is -2.45. The van der Waals surface area contributed by atoms with Crippen LogP contribution in [0, 0.1) is 6.92 Å². The van der Waals surface area contributed by atoms with Crippen LogP contribution in [0.15, 0.2) is 24.3 Å². The lowest BCUT2D eigenvalue weighted by molar-refractivity contribution is 0.0743. The molecule has 150 valence electrons. The summed E-state index contributed by atoms with van der Waals surface area (Å²) in [5.41, 5.74) is 7.42. The number of hydrazine groups is 1. The van der Waals surface area contributed by atoms with Crippen molar-refractivity contribution in [2.24, 2.45) is 0 Å². The molecule has 8 heteroatoms. The van der Waals surface area contributed by atoms with Gasteiger partial charge in [-0.25, -0.2) is 9.69 Å². The van der Waals surface area contributed by atoms with Crippen molar-refractivity contribution in [3.63, 3.8) is 0 Å². The molecule has 3 heterocycles. The van der Waals surface area contributed by atoms with Gasteiger partial charge in [0, 0.05) is 35.0 Å². The number of rotatable bonds is 3. The highest BCUT2D eigenvalue weighted by molar-refractivity contribution is 7.15. The summed E-state index contributed by atoms with van der Waals surface area (Å²) >= 11 is 14.3. The fourth-order valence-corrected chi connectivity index (χ4v) is 5.73. The Kier molecular flexibility index (Phi) is 4.90. The molecule has 1 amide bonds. The third-order valence-electron chi connectivity index (χ3n) is 5.47. The standard InChI is InChI=1S/C21H20Cl2N4OS/c1-12-9-13-10-15-18(21(28)25-26-7-3-2-4-8-26)24-27(19(15)20(13)29-12)17-6-5-14(22)11-16(17)23/h5-6,9,11H,2-4,7-8,10H2,1H3,(H,25,28). The molecule has 1 saturated heterocycles. The Morgan fingerprint density at radius 1 is 1.17 bits per heavy atom. The Bertz CT molecular complexity index is 1110. The molecular formula is C21H20Cl2N4OS. The van der Waals surface area contributed by atoms with E-state index in [0.29, 0.717) is 22.2 Å².